The van der Waals surface area contributed by atoms with Crippen molar-refractivity contribution in [2.24, 2.45) is 17.6 Å². The summed E-state index contributed by atoms with van der Waals surface area (Å²) < 4.78 is 65.4. The average molecular weight is 452 g/mol. The van der Waals surface area contributed by atoms with Crippen molar-refractivity contribution in [3.63, 3.8) is 0 Å². The van der Waals surface area contributed by atoms with E-state index in [0.29, 0.717) is 6.04 Å². The standard InChI is InChI=1S/C20H29F4NO4Si/c1-10(2)9-12(17(25)20(27)28-7-8-30(4,5)6)19(26)29-18-15(23)13(21)11(3)14(22)16(18)24/h10,12,17H,7-9,25H2,1-6H3/t12-,17?/m1/s1. The molecule has 0 saturated carbocycles. The van der Waals surface area contributed by atoms with Crippen LogP contribution >= 0.6 is 0 Å². The number of rotatable bonds is 9. The Bertz CT molecular complexity index is 767. The third-order valence-electron chi connectivity index (χ3n) is 4.48. The van der Waals surface area contributed by atoms with Crippen molar-refractivity contribution in [1.82, 2.24) is 0 Å². The zero-order valence-electron chi connectivity index (χ0n) is 18.1. The van der Waals surface area contributed by atoms with Gasteiger partial charge in [-0.25, -0.2) is 8.78 Å². The summed E-state index contributed by atoms with van der Waals surface area (Å²) in [6.07, 6.45) is 0.0309. The number of hydrogen-bond donors (Lipinski definition) is 1. The van der Waals surface area contributed by atoms with E-state index in [-0.39, 0.29) is 18.9 Å². The van der Waals surface area contributed by atoms with Gasteiger partial charge in [0.05, 0.1) is 12.5 Å². The third-order valence-corrected chi connectivity index (χ3v) is 6.18. The molecule has 10 heteroatoms. The molecule has 0 bridgehead atoms. The van der Waals surface area contributed by atoms with Crippen molar-refractivity contribution in [1.29, 1.82) is 0 Å². The highest BCUT2D eigenvalue weighted by atomic mass is 28.3. The van der Waals surface area contributed by atoms with E-state index in [4.69, 9.17) is 10.5 Å². The molecule has 0 aliphatic heterocycles. The van der Waals surface area contributed by atoms with Crippen molar-refractivity contribution < 1.29 is 36.6 Å². The molecule has 1 aromatic rings. The Balaban J connectivity index is 3.07. The molecule has 0 spiro atoms. The SMILES string of the molecule is Cc1c(F)c(F)c(OC(=O)[C@H](CC(C)C)C(N)C(=O)OCC[Si](C)(C)C)c(F)c1F. The molecule has 0 aliphatic carbocycles. The predicted molar refractivity (Wildman–Crippen MR) is 107 cm³/mol. The maximum absolute atomic E-state index is 14.0. The van der Waals surface area contributed by atoms with E-state index in [1.165, 1.54) is 0 Å². The summed E-state index contributed by atoms with van der Waals surface area (Å²) in [4.78, 5) is 24.8. The van der Waals surface area contributed by atoms with Crippen LogP contribution in [0.5, 0.6) is 5.75 Å². The zero-order chi connectivity index (χ0) is 23.4. The van der Waals surface area contributed by atoms with Gasteiger partial charge >= 0.3 is 11.9 Å². The zero-order valence-corrected chi connectivity index (χ0v) is 19.1. The molecule has 170 valence electrons. The molecule has 0 heterocycles. The van der Waals surface area contributed by atoms with Gasteiger partial charge < -0.3 is 15.2 Å². The molecule has 30 heavy (non-hydrogen) atoms. The normalized spacial score (nSPS) is 13.9. The second kappa shape index (κ2) is 10.4. The summed E-state index contributed by atoms with van der Waals surface area (Å²) in [5, 5.41) is 0. The Hall–Kier alpha value is -1.94. The van der Waals surface area contributed by atoms with Crippen LogP contribution in [0.2, 0.25) is 25.7 Å². The maximum Gasteiger partial charge on any atom is 0.323 e. The van der Waals surface area contributed by atoms with Crippen molar-refractivity contribution in [3.05, 3.63) is 28.8 Å². The van der Waals surface area contributed by atoms with Gasteiger partial charge in [-0.1, -0.05) is 33.5 Å². The minimum atomic E-state index is -1.84. The van der Waals surface area contributed by atoms with Gasteiger partial charge in [-0.3, -0.25) is 9.59 Å². The van der Waals surface area contributed by atoms with E-state index < -0.39 is 66.6 Å². The predicted octanol–water partition coefficient (Wildman–Crippen LogP) is 4.33. The smallest absolute Gasteiger partial charge is 0.323 e. The first kappa shape index (κ1) is 26.1. The second-order valence-electron chi connectivity index (χ2n) is 8.87. The van der Waals surface area contributed by atoms with Gasteiger partial charge in [-0.15, -0.1) is 0 Å². The fourth-order valence-electron chi connectivity index (χ4n) is 2.60. The molecule has 0 aliphatic rings. The van der Waals surface area contributed by atoms with Crippen LogP contribution in [0, 0.1) is 42.0 Å². The lowest BCUT2D eigenvalue weighted by Gasteiger charge is -2.23. The Morgan fingerprint density at radius 2 is 1.47 bits per heavy atom. The van der Waals surface area contributed by atoms with Gasteiger partial charge in [-0.2, -0.15) is 8.78 Å². The molecule has 0 saturated heterocycles. The Morgan fingerprint density at radius 1 is 0.967 bits per heavy atom. The number of benzene rings is 1. The topological polar surface area (TPSA) is 78.6 Å². The lowest BCUT2D eigenvalue weighted by Crippen LogP contribution is -2.45. The van der Waals surface area contributed by atoms with Crippen LogP contribution in [0.3, 0.4) is 0 Å². The van der Waals surface area contributed by atoms with Crippen LogP contribution < -0.4 is 10.5 Å². The molecule has 1 unspecified atom stereocenters. The van der Waals surface area contributed by atoms with E-state index in [9.17, 15) is 27.2 Å². The summed E-state index contributed by atoms with van der Waals surface area (Å²) in [5.41, 5.74) is 4.99. The van der Waals surface area contributed by atoms with E-state index in [1.54, 1.807) is 13.8 Å². The van der Waals surface area contributed by atoms with E-state index in [2.05, 4.69) is 24.4 Å². The van der Waals surface area contributed by atoms with Crippen LogP contribution in [0.1, 0.15) is 25.8 Å². The average Bonchev–Trinajstić information content (AvgIpc) is 2.64. The highest BCUT2D eigenvalue weighted by Gasteiger charge is 2.36. The van der Waals surface area contributed by atoms with Gasteiger partial charge in [0.15, 0.2) is 11.6 Å². The van der Waals surface area contributed by atoms with Crippen LogP contribution in [0.4, 0.5) is 17.6 Å². The molecule has 0 amide bonds. The number of halogens is 4. The van der Waals surface area contributed by atoms with Crippen molar-refractivity contribution in [2.75, 3.05) is 6.61 Å². The largest absolute Gasteiger partial charge is 0.465 e. The number of esters is 2. The highest BCUT2D eigenvalue weighted by molar-refractivity contribution is 6.76. The van der Waals surface area contributed by atoms with Crippen LogP contribution in [0.25, 0.3) is 0 Å². The number of hydrogen-bond acceptors (Lipinski definition) is 5. The van der Waals surface area contributed by atoms with Gasteiger partial charge in [0.1, 0.15) is 6.04 Å². The monoisotopic (exact) mass is 451 g/mol. The van der Waals surface area contributed by atoms with Gasteiger partial charge in [-0.05, 0) is 25.3 Å². The Labute approximate surface area is 174 Å². The van der Waals surface area contributed by atoms with Crippen LogP contribution in [-0.4, -0.2) is 32.7 Å². The number of carbonyl (C=O) groups is 2. The van der Waals surface area contributed by atoms with Crippen molar-refractivity contribution in [2.45, 2.75) is 58.9 Å². The lowest BCUT2D eigenvalue weighted by molar-refractivity contribution is -0.152. The molecular formula is C20H29F4NO4Si. The minimum Gasteiger partial charge on any atom is -0.465 e. The first-order chi connectivity index (χ1) is 13.7. The fourth-order valence-corrected chi connectivity index (χ4v) is 3.32. The van der Waals surface area contributed by atoms with Crippen molar-refractivity contribution in [3.8, 4) is 5.75 Å². The summed E-state index contributed by atoms with van der Waals surface area (Å²) >= 11 is 0. The van der Waals surface area contributed by atoms with E-state index in [0.717, 1.165) is 6.92 Å². The van der Waals surface area contributed by atoms with Gasteiger partial charge in [0, 0.05) is 13.6 Å². The second-order valence-corrected chi connectivity index (χ2v) is 14.5. The molecule has 2 atom stereocenters. The van der Waals surface area contributed by atoms with Crippen LogP contribution in [-0.2, 0) is 14.3 Å². The number of ether oxygens (including phenoxy) is 2. The molecule has 0 radical (unpaired) electrons. The molecule has 0 aromatic heterocycles. The summed E-state index contributed by atoms with van der Waals surface area (Å²) in [7, 11) is -1.48. The maximum atomic E-state index is 14.0. The molecular weight excluding hydrogens is 422 g/mol. The highest BCUT2D eigenvalue weighted by Crippen LogP contribution is 2.31. The van der Waals surface area contributed by atoms with E-state index in [1.807, 2.05) is 0 Å². The minimum absolute atomic E-state index is 0.0309. The van der Waals surface area contributed by atoms with Gasteiger partial charge in [0.2, 0.25) is 17.4 Å². The molecule has 1 aromatic carbocycles. The summed E-state index contributed by atoms with van der Waals surface area (Å²) in [5.74, 6) is -12.1. The molecule has 0 fully saturated rings. The number of nitrogens with two attached hydrogens (primary N) is 1. The lowest BCUT2D eigenvalue weighted by atomic mass is 9.91. The number of carbonyl (C=O) groups excluding carboxylic acids is 2. The quantitative estimate of drug-likeness (QED) is 0.199. The Kier molecular flexibility index (Phi) is 9.03. The van der Waals surface area contributed by atoms with Gasteiger partial charge in [0.25, 0.3) is 0 Å². The summed E-state index contributed by atoms with van der Waals surface area (Å²) in [6.45, 7) is 10.7. The Morgan fingerprint density at radius 3 is 1.90 bits per heavy atom. The van der Waals surface area contributed by atoms with Crippen LogP contribution in [0.15, 0.2) is 0 Å². The molecule has 1 rings (SSSR count). The summed E-state index contributed by atoms with van der Waals surface area (Å²) in [6, 6.07) is -0.781. The van der Waals surface area contributed by atoms with Crippen molar-refractivity contribution >= 4 is 20.0 Å². The molecule has 5 nitrogen and oxygen atoms in total. The third kappa shape index (κ3) is 6.80. The van der Waals surface area contributed by atoms with E-state index >= 15 is 0 Å². The fraction of sp³-hybridized carbons (Fsp3) is 0.600. The first-order valence-electron chi connectivity index (χ1n) is 9.63. The molecule has 2 N–H and O–H groups in total. The first-order valence-corrected chi connectivity index (χ1v) is 13.3.